The average molecular weight is 548 g/mol. The maximum atomic E-state index is 10.7. The van der Waals surface area contributed by atoms with Crippen LogP contribution in [-0.2, 0) is 16.1 Å². The van der Waals surface area contributed by atoms with Crippen LogP contribution in [0, 0.1) is 5.41 Å². The Morgan fingerprint density at radius 3 is 2.38 bits per heavy atom. The minimum absolute atomic E-state index is 0. The molecule has 0 unspecified atom stereocenters. The summed E-state index contributed by atoms with van der Waals surface area (Å²) >= 11 is 0. The van der Waals surface area contributed by atoms with E-state index in [-0.39, 0.29) is 20.8 Å². The number of rotatable bonds is 7. The third kappa shape index (κ3) is 11.1. The van der Waals surface area contributed by atoms with Crippen molar-refractivity contribution in [1.29, 1.82) is 0 Å². The number of amides is 1. The first-order chi connectivity index (χ1) is 18.7. The molecule has 222 valence electrons. The van der Waals surface area contributed by atoms with Gasteiger partial charge in [-0.2, -0.15) is 0 Å². The third-order valence-electron chi connectivity index (χ3n) is 6.78. The van der Waals surface area contributed by atoms with Crippen LogP contribution in [0.1, 0.15) is 59.9 Å². The van der Waals surface area contributed by atoms with Gasteiger partial charge in [0.05, 0.1) is 25.9 Å². The van der Waals surface area contributed by atoms with Crippen LogP contribution >= 0.6 is 0 Å². The van der Waals surface area contributed by atoms with Gasteiger partial charge in [-0.3, -0.25) is 4.79 Å². The fraction of sp³-hybridized carbons (Fsp3) is 0.581. The standard InChI is InChI=1S/C13H19NO3.C12H17NO.C6H13NO.2H2/c1-16-7-2-5-14-6-8-17-13-4-3-11(10-15)9-12(13)14;1-14-12-4-2-10(3-5-12)11-6-8-13-9-7-11;1-6(2,3)5(8)7-4;;/h3-4,9,15H,2,5-8,10H2,1H3;2-5,11,13H,6-9H2,1H3;1-4H3,(H,7,8);2*1H. The van der Waals surface area contributed by atoms with Gasteiger partial charge < -0.3 is 34.9 Å². The van der Waals surface area contributed by atoms with Gasteiger partial charge in [-0.1, -0.05) is 39.0 Å². The number of benzene rings is 2. The van der Waals surface area contributed by atoms with Crippen molar-refractivity contribution in [2.75, 3.05) is 65.6 Å². The van der Waals surface area contributed by atoms with Gasteiger partial charge in [-0.25, -0.2) is 0 Å². The van der Waals surface area contributed by atoms with Crippen molar-refractivity contribution >= 4 is 11.6 Å². The summed E-state index contributed by atoms with van der Waals surface area (Å²) in [5.41, 5.74) is 3.21. The zero-order valence-corrected chi connectivity index (χ0v) is 24.7. The van der Waals surface area contributed by atoms with Gasteiger partial charge >= 0.3 is 0 Å². The van der Waals surface area contributed by atoms with Crippen molar-refractivity contribution in [2.45, 2.75) is 52.6 Å². The summed E-state index contributed by atoms with van der Waals surface area (Å²) in [7, 11) is 5.07. The molecule has 1 fully saturated rings. The van der Waals surface area contributed by atoms with Gasteiger partial charge in [-0.05, 0) is 73.7 Å². The van der Waals surface area contributed by atoms with Gasteiger partial charge in [-0.15, -0.1) is 0 Å². The summed E-state index contributed by atoms with van der Waals surface area (Å²) in [5.74, 6) is 2.67. The Morgan fingerprint density at radius 1 is 1.15 bits per heavy atom. The van der Waals surface area contributed by atoms with E-state index in [1.807, 2.05) is 39.0 Å². The molecule has 0 aliphatic carbocycles. The highest BCUT2D eigenvalue weighted by atomic mass is 16.5. The summed E-state index contributed by atoms with van der Waals surface area (Å²) in [6, 6.07) is 14.3. The van der Waals surface area contributed by atoms with E-state index in [0.717, 1.165) is 74.5 Å². The average Bonchev–Trinajstić information content (AvgIpc) is 2.97. The van der Waals surface area contributed by atoms with Crippen LogP contribution in [0.4, 0.5) is 5.69 Å². The Bertz CT molecular complexity index is 981. The number of nitrogens with one attached hydrogen (secondary N) is 2. The lowest BCUT2D eigenvalue weighted by molar-refractivity contribution is -0.127. The summed E-state index contributed by atoms with van der Waals surface area (Å²) in [5, 5.41) is 15.1. The molecule has 0 bridgehead atoms. The molecule has 1 saturated heterocycles. The lowest BCUT2D eigenvalue weighted by Gasteiger charge is -2.31. The summed E-state index contributed by atoms with van der Waals surface area (Å²) in [4.78, 5) is 13.0. The van der Waals surface area contributed by atoms with Gasteiger partial charge in [0.25, 0.3) is 0 Å². The van der Waals surface area contributed by atoms with Gasteiger partial charge in [0.2, 0.25) is 5.91 Å². The molecule has 2 aromatic rings. The second-order valence-electron chi connectivity index (χ2n) is 10.8. The molecular weight excluding hydrogens is 494 g/mol. The van der Waals surface area contributed by atoms with Gasteiger partial charge in [0.1, 0.15) is 18.1 Å². The summed E-state index contributed by atoms with van der Waals surface area (Å²) in [6.07, 6.45) is 3.51. The van der Waals surface area contributed by atoms with Crippen molar-refractivity contribution in [3.63, 3.8) is 0 Å². The lowest BCUT2D eigenvalue weighted by atomic mass is 9.90. The molecule has 0 radical (unpaired) electrons. The van der Waals surface area contributed by atoms with E-state index in [2.05, 4.69) is 39.8 Å². The highest BCUT2D eigenvalue weighted by Crippen LogP contribution is 2.32. The number of piperidine rings is 1. The van der Waals surface area contributed by atoms with E-state index in [0.29, 0.717) is 0 Å². The molecule has 2 aliphatic heterocycles. The summed E-state index contributed by atoms with van der Waals surface area (Å²) in [6.45, 7) is 11.4. The molecule has 2 aliphatic rings. The first kappa shape index (κ1) is 32.4. The molecule has 8 heteroatoms. The van der Waals surface area contributed by atoms with Gasteiger partial charge in [0.15, 0.2) is 0 Å². The first-order valence-corrected chi connectivity index (χ1v) is 13.9. The topological polar surface area (TPSA) is 92.3 Å². The molecule has 39 heavy (non-hydrogen) atoms. The van der Waals surface area contributed by atoms with E-state index in [9.17, 15) is 4.79 Å². The molecule has 8 nitrogen and oxygen atoms in total. The van der Waals surface area contributed by atoms with Crippen molar-refractivity contribution in [1.82, 2.24) is 10.6 Å². The molecule has 2 aromatic carbocycles. The Balaban J connectivity index is 0.000000607. The molecule has 0 atom stereocenters. The quantitative estimate of drug-likeness (QED) is 0.427. The highest BCUT2D eigenvalue weighted by molar-refractivity contribution is 5.80. The number of hydrogen-bond donors (Lipinski definition) is 3. The van der Waals surface area contributed by atoms with E-state index < -0.39 is 0 Å². The Kier molecular flexibility index (Phi) is 14.1. The van der Waals surface area contributed by atoms with E-state index in [1.54, 1.807) is 21.3 Å². The molecule has 0 spiro atoms. The van der Waals surface area contributed by atoms with Crippen LogP contribution in [-0.4, -0.2) is 71.7 Å². The number of carbonyl (C=O) groups excluding carboxylic acids is 1. The fourth-order valence-electron chi connectivity index (χ4n) is 4.46. The number of aliphatic hydroxyl groups is 1. The zero-order chi connectivity index (χ0) is 28.7. The number of hydrogen-bond acceptors (Lipinski definition) is 7. The van der Waals surface area contributed by atoms with Crippen LogP contribution in [0.3, 0.4) is 0 Å². The van der Waals surface area contributed by atoms with Crippen molar-refractivity contribution in [3.05, 3.63) is 53.6 Å². The molecule has 1 amide bonds. The molecule has 2 heterocycles. The predicted octanol–water partition coefficient (Wildman–Crippen LogP) is 4.85. The number of anilines is 1. The monoisotopic (exact) mass is 547 g/mol. The van der Waals surface area contributed by atoms with Crippen molar-refractivity contribution in [2.24, 2.45) is 5.41 Å². The third-order valence-corrected chi connectivity index (χ3v) is 6.78. The molecular formula is C31H53N3O5. The number of nitrogens with zero attached hydrogens (tertiary/aromatic N) is 1. The van der Waals surface area contributed by atoms with E-state index in [4.69, 9.17) is 19.3 Å². The van der Waals surface area contributed by atoms with E-state index >= 15 is 0 Å². The largest absolute Gasteiger partial charge is 0.497 e. The minimum atomic E-state index is -0.241. The fourth-order valence-corrected chi connectivity index (χ4v) is 4.46. The number of ether oxygens (including phenoxy) is 3. The first-order valence-electron chi connectivity index (χ1n) is 13.9. The van der Waals surface area contributed by atoms with Crippen LogP contribution in [0.2, 0.25) is 0 Å². The normalized spacial score (nSPS) is 15.0. The molecule has 0 aromatic heterocycles. The van der Waals surface area contributed by atoms with Crippen LogP contribution in [0.25, 0.3) is 0 Å². The maximum absolute atomic E-state index is 10.7. The molecule has 4 rings (SSSR count). The summed E-state index contributed by atoms with van der Waals surface area (Å²) < 4.78 is 15.8. The molecule has 3 N–H and O–H groups in total. The number of methoxy groups -OCH3 is 2. The number of fused-ring (bicyclic) bond motifs is 1. The van der Waals surface area contributed by atoms with Crippen LogP contribution in [0.5, 0.6) is 11.5 Å². The SMILES string of the molecule is CNC(=O)C(C)(C)C.COCCCN1CCOc2ccc(CO)cc21.COc1ccc(C2CCNCC2)cc1.[HH].[HH]. The maximum Gasteiger partial charge on any atom is 0.225 e. The second kappa shape index (κ2) is 17.0. The van der Waals surface area contributed by atoms with Crippen LogP contribution in [0.15, 0.2) is 42.5 Å². The Labute approximate surface area is 238 Å². The molecule has 0 saturated carbocycles. The second-order valence-corrected chi connectivity index (χ2v) is 10.8. The van der Waals surface area contributed by atoms with E-state index in [1.165, 1.54) is 18.4 Å². The number of carbonyl (C=O) groups is 1. The van der Waals surface area contributed by atoms with Gasteiger partial charge in [0, 0.05) is 35.6 Å². The Hall–Kier alpha value is -2.81. The van der Waals surface area contributed by atoms with Crippen molar-refractivity contribution in [3.8, 4) is 11.5 Å². The highest BCUT2D eigenvalue weighted by Gasteiger charge is 2.19. The lowest BCUT2D eigenvalue weighted by Crippen LogP contribution is -2.34. The number of aliphatic hydroxyl groups excluding tert-OH is 1. The smallest absolute Gasteiger partial charge is 0.225 e. The van der Waals surface area contributed by atoms with Crippen LogP contribution < -0.4 is 25.0 Å². The predicted molar refractivity (Wildman–Crippen MR) is 162 cm³/mol. The van der Waals surface area contributed by atoms with Crippen molar-refractivity contribution < 1.29 is 27.0 Å². The minimum Gasteiger partial charge on any atom is -0.497 e. The zero-order valence-electron chi connectivity index (χ0n) is 24.7. The Morgan fingerprint density at radius 2 is 1.85 bits per heavy atom.